The van der Waals surface area contributed by atoms with Crippen LogP contribution in [0.2, 0.25) is 0 Å². The molecule has 0 aliphatic carbocycles. The van der Waals surface area contributed by atoms with Gasteiger partial charge in [0.05, 0.1) is 22.9 Å². The van der Waals surface area contributed by atoms with E-state index < -0.39 is 22.9 Å². The number of imidazole rings is 1. The van der Waals surface area contributed by atoms with Crippen LogP contribution in [0.4, 0.5) is 19.0 Å². The average molecular weight is 454 g/mol. The summed E-state index contributed by atoms with van der Waals surface area (Å²) in [5.41, 5.74) is 0.0387. The number of nitrogens with one attached hydrogen (secondary N) is 2. The number of piperazine rings is 1. The van der Waals surface area contributed by atoms with E-state index in [-0.39, 0.29) is 17.7 Å². The molecule has 9 nitrogen and oxygen atoms in total. The van der Waals surface area contributed by atoms with Gasteiger partial charge in [-0.15, -0.1) is 0 Å². The molecule has 0 saturated carbocycles. The molecular formula is C18H21F3N8OS. The summed E-state index contributed by atoms with van der Waals surface area (Å²) in [6.07, 6.45) is -0.163. The molecule has 4 heterocycles. The molecule has 1 fully saturated rings. The molecule has 2 N–H and O–H groups in total. The van der Waals surface area contributed by atoms with Crippen molar-refractivity contribution in [1.29, 1.82) is 0 Å². The average Bonchev–Trinajstić information content (AvgIpc) is 3.16. The van der Waals surface area contributed by atoms with Gasteiger partial charge in [-0.1, -0.05) is 0 Å². The zero-order valence-corrected chi connectivity index (χ0v) is 17.6. The number of rotatable bonds is 5. The van der Waals surface area contributed by atoms with Gasteiger partial charge in [0.1, 0.15) is 17.8 Å². The third-order valence-electron chi connectivity index (χ3n) is 5.20. The first kappa shape index (κ1) is 21.6. The van der Waals surface area contributed by atoms with Crippen molar-refractivity contribution >= 4 is 22.5 Å². The van der Waals surface area contributed by atoms with Crippen LogP contribution in [0.25, 0.3) is 17.0 Å². The predicted molar refractivity (Wildman–Crippen MR) is 110 cm³/mol. The zero-order chi connectivity index (χ0) is 22.2. The summed E-state index contributed by atoms with van der Waals surface area (Å²) in [5, 5.41) is 7.10. The summed E-state index contributed by atoms with van der Waals surface area (Å²) < 4.78 is 54.7. The van der Waals surface area contributed by atoms with Crippen LogP contribution in [0.5, 0.6) is 0 Å². The van der Waals surface area contributed by atoms with E-state index in [9.17, 15) is 17.4 Å². The number of hydrogen-bond donors (Lipinski definition) is 2. The van der Waals surface area contributed by atoms with E-state index in [0.717, 1.165) is 10.6 Å². The second kappa shape index (κ2) is 8.48. The highest BCUT2D eigenvalue weighted by Gasteiger charge is 2.33. The van der Waals surface area contributed by atoms with E-state index in [1.165, 1.54) is 18.6 Å². The molecule has 3 aromatic heterocycles. The minimum atomic E-state index is -4.56. The molecule has 0 amide bonds. The van der Waals surface area contributed by atoms with Gasteiger partial charge < -0.3 is 10.2 Å². The minimum absolute atomic E-state index is 0.0321. The molecule has 4 rings (SSSR count). The largest absolute Gasteiger partial charge is 0.435 e. The van der Waals surface area contributed by atoms with Gasteiger partial charge in [0.2, 0.25) is 0 Å². The van der Waals surface area contributed by atoms with Crippen molar-refractivity contribution in [2.24, 2.45) is 0 Å². The molecule has 3 aromatic rings. The molecule has 1 saturated heterocycles. The Labute approximate surface area is 178 Å². The Morgan fingerprint density at radius 2 is 2.10 bits per heavy atom. The Hall–Kier alpha value is -2.64. The number of fused-ring (bicyclic) bond motifs is 1. The summed E-state index contributed by atoms with van der Waals surface area (Å²) in [4.78, 5) is 14.8. The standard InChI is InChI=1S/C18H21F3N8OS/c1-11-13(8-26-31(2)30)22-5-6-28(11)17-7-12(24-10-25-17)14-9-23-16-4-3-15(18(19,20)21)27-29(14)16/h3-4,7,9-11,13,22,26H,5-6,8H2,1-2H3. The molecule has 0 radical (unpaired) electrons. The number of anilines is 1. The van der Waals surface area contributed by atoms with Crippen molar-refractivity contribution in [3.8, 4) is 11.4 Å². The summed E-state index contributed by atoms with van der Waals surface area (Å²) in [7, 11) is -1.11. The molecular weight excluding hydrogens is 433 g/mol. The van der Waals surface area contributed by atoms with E-state index in [1.807, 2.05) is 6.92 Å². The highest BCUT2D eigenvalue weighted by molar-refractivity contribution is 7.82. The van der Waals surface area contributed by atoms with Crippen molar-refractivity contribution in [2.75, 3.05) is 30.8 Å². The molecule has 31 heavy (non-hydrogen) atoms. The molecule has 3 atom stereocenters. The Morgan fingerprint density at radius 3 is 2.84 bits per heavy atom. The fourth-order valence-corrected chi connectivity index (χ4v) is 3.99. The highest BCUT2D eigenvalue weighted by atomic mass is 32.2. The van der Waals surface area contributed by atoms with Crippen LogP contribution in [0.15, 0.2) is 30.7 Å². The maximum absolute atomic E-state index is 13.1. The Bertz CT molecular complexity index is 1100. The number of alkyl halides is 3. The lowest BCUT2D eigenvalue weighted by molar-refractivity contribution is -0.141. The number of nitrogens with zero attached hydrogens (tertiary/aromatic N) is 6. The Kier molecular flexibility index (Phi) is 5.90. The second-order valence-corrected chi connectivity index (χ2v) is 8.39. The Morgan fingerprint density at radius 1 is 1.29 bits per heavy atom. The molecule has 13 heteroatoms. The number of aromatic nitrogens is 5. The van der Waals surface area contributed by atoms with Gasteiger partial charge >= 0.3 is 6.18 Å². The summed E-state index contributed by atoms with van der Waals surface area (Å²) in [6, 6.07) is 3.97. The van der Waals surface area contributed by atoms with Gasteiger partial charge in [0.15, 0.2) is 11.3 Å². The van der Waals surface area contributed by atoms with E-state index in [2.05, 4.69) is 35.0 Å². The molecule has 166 valence electrons. The predicted octanol–water partition coefficient (Wildman–Crippen LogP) is 1.25. The molecule has 0 aromatic carbocycles. The highest BCUT2D eigenvalue weighted by Crippen LogP contribution is 2.29. The first-order chi connectivity index (χ1) is 14.7. The maximum atomic E-state index is 13.1. The van der Waals surface area contributed by atoms with Gasteiger partial charge in [-0.2, -0.15) is 18.3 Å². The van der Waals surface area contributed by atoms with Crippen molar-refractivity contribution in [3.63, 3.8) is 0 Å². The van der Waals surface area contributed by atoms with Gasteiger partial charge in [-0.3, -0.25) is 0 Å². The molecule has 0 spiro atoms. The quantitative estimate of drug-likeness (QED) is 0.599. The summed E-state index contributed by atoms with van der Waals surface area (Å²) in [5.74, 6) is 0.642. The third-order valence-corrected chi connectivity index (χ3v) is 5.77. The zero-order valence-electron chi connectivity index (χ0n) is 16.8. The van der Waals surface area contributed by atoms with Crippen molar-refractivity contribution in [2.45, 2.75) is 25.2 Å². The lowest BCUT2D eigenvalue weighted by Gasteiger charge is -2.40. The number of halogens is 3. The molecule has 3 unspecified atom stereocenters. The fourth-order valence-electron chi connectivity index (χ4n) is 3.58. The normalized spacial score (nSPS) is 20.9. The van der Waals surface area contributed by atoms with Crippen LogP contribution in [0.1, 0.15) is 12.6 Å². The number of hydrogen-bond acceptors (Lipinski definition) is 7. The van der Waals surface area contributed by atoms with Crippen LogP contribution < -0.4 is 14.9 Å². The van der Waals surface area contributed by atoms with Crippen molar-refractivity contribution in [1.82, 2.24) is 34.6 Å². The summed E-state index contributed by atoms with van der Waals surface area (Å²) in [6.45, 7) is 3.95. The van der Waals surface area contributed by atoms with Crippen LogP contribution in [0, 0.1) is 0 Å². The third kappa shape index (κ3) is 4.52. The first-order valence-electron chi connectivity index (χ1n) is 9.55. The minimum Gasteiger partial charge on any atom is -0.351 e. The molecule has 1 aliphatic heterocycles. The fraction of sp³-hybridized carbons (Fsp3) is 0.444. The summed E-state index contributed by atoms with van der Waals surface area (Å²) >= 11 is 0. The lowest BCUT2D eigenvalue weighted by atomic mass is 10.1. The van der Waals surface area contributed by atoms with Gasteiger partial charge in [0, 0.05) is 44.0 Å². The van der Waals surface area contributed by atoms with Crippen molar-refractivity contribution in [3.05, 3.63) is 36.4 Å². The van der Waals surface area contributed by atoms with E-state index >= 15 is 0 Å². The second-order valence-electron chi connectivity index (χ2n) is 7.19. The lowest BCUT2D eigenvalue weighted by Crippen LogP contribution is -2.60. The van der Waals surface area contributed by atoms with Gasteiger partial charge in [-0.05, 0) is 19.1 Å². The SMILES string of the molecule is CC1C(CNS(C)=O)NCCN1c1cc(-c2cnc3ccc(C(F)(F)F)nn23)ncn1. The smallest absolute Gasteiger partial charge is 0.351 e. The van der Waals surface area contributed by atoms with E-state index in [0.29, 0.717) is 36.8 Å². The van der Waals surface area contributed by atoms with Crippen LogP contribution >= 0.6 is 0 Å². The first-order valence-corrected chi connectivity index (χ1v) is 11.1. The van der Waals surface area contributed by atoms with Gasteiger partial charge in [-0.25, -0.2) is 28.4 Å². The molecule has 0 bridgehead atoms. The molecule has 1 aliphatic rings. The van der Waals surface area contributed by atoms with E-state index in [4.69, 9.17) is 0 Å². The topological polar surface area (TPSA) is 100 Å². The Balaban J connectivity index is 1.65. The van der Waals surface area contributed by atoms with Crippen LogP contribution in [-0.4, -0.2) is 66.7 Å². The van der Waals surface area contributed by atoms with E-state index in [1.54, 1.807) is 12.3 Å². The monoisotopic (exact) mass is 454 g/mol. The van der Waals surface area contributed by atoms with Crippen LogP contribution in [-0.2, 0) is 17.2 Å². The van der Waals surface area contributed by atoms with Crippen LogP contribution in [0.3, 0.4) is 0 Å². The maximum Gasteiger partial charge on any atom is 0.435 e. The van der Waals surface area contributed by atoms with Gasteiger partial charge in [0.25, 0.3) is 0 Å². The van der Waals surface area contributed by atoms with Crippen molar-refractivity contribution < 1.29 is 17.4 Å².